The monoisotopic (exact) mass is 558 g/mol. The van der Waals surface area contributed by atoms with Crippen molar-refractivity contribution in [2.45, 2.75) is 0 Å². The van der Waals surface area contributed by atoms with Crippen LogP contribution in [0, 0.1) is 0 Å². The molecule has 0 saturated carbocycles. The zero-order chi connectivity index (χ0) is 25.6. The van der Waals surface area contributed by atoms with Gasteiger partial charge in [-0.25, -0.2) is 0 Å². The maximum absolute atomic E-state index is 14.0. The summed E-state index contributed by atoms with van der Waals surface area (Å²) in [6.07, 6.45) is 0. The van der Waals surface area contributed by atoms with E-state index in [0.29, 0.717) is 31.3 Å². The molecule has 9 heteroatoms. The number of hydrogen-bond acceptors (Lipinski definition) is 5. The van der Waals surface area contributed by atoms with Gasteiger partial charge in [0.2, 0.25) is 0 Å². The fraction of sp³-hybridized carbons (Fsp3) is 0.0741. The second kappa shape index (κ2) is 11.7. The SMILES string of the molecule is O=C(COP(=O)(c1ccccc1)c1ccc(Cl)cc1)COP(=O)(c1ccccc1)c1ccc(Cl)cc1. The highest BCUT2D eigenvalue weighted by Crippen LogP contribution is 2.46. The van der Waals surface area contributed by atoms with E-state index in [1.54, 1.807) is 109 Å². The van der Waals surface area contributed by atoms with Gasteiger partial charge in [-0.05, 0) is 72.8 Å². The quantitative estimate of drug-likeness (QED) is 0.232. The van der Waals surface area contributed by atoms with Gasteiger partial charge in [-0.1, -0.05) is 59.6 Å². The summed E-state index contributed by atoms with van der Waals surface area (Å²) < 4.78 is 39.5. The minimum atomic E-state index is -3.60. The maximum atomic E-state index is 14.0. The number of halogens is 2. The lowest BCUT2D eigenvalue weighted by Gasteiger charge is -2.21. The molecule has 4 aromatic carbocycles. The number of benzene rings is 4. The maximum Gasteiger partial charge on any atom is 0.261 e. The van der Waals surface area contributed by atoms with E-state index in [1.807, 2.05) is 0 Å². The molecule has 4 rings (SSSR count). The third kappa shape index (κ3) is 6.07. The number of Topliss-reactive ketones (excluding diaryl/α,β-unsaturated/α-hetero) is 1. The second-order valence-corrected chi connectivity index (χ2v) is 13.5. The second-order valence-electron chi connectivity index (χ2n) is 7.81. The van der Waals surface area contributed by atoms with E-state index in [0.717, 1.165) is 0 Å². The van der Waals surface area contributed by atoms with E-state index in [9.17, 15) is 13.9 Å². The van der Waals surface area contributed by atoms with E-state index < -0.39 is 33.7 Å². The molecule has 0 heterocycles. The number of hydrogen-bond donors (Lipinski definition) is 0. The third-order valence-electron chi connectivity index (χ3n) is 5.34. The van der Waals surface area contributed by atoms with Crippen molar-refractivity contribution in [2.24, 2.45) is 0 Å². The van der Waals surface area contributed by atoms with Crippen molar-refractivity contribution in [1.82, 2.24) is 0 Å². The highest BCUT2D eigenvalue weighted by atomic mass is 35.5. The van der Waals surface area contributed by atoms with Gasteiger partial charge in [-0.15, -0.1) is 0 Å². The predicted molar refractivity (Wildman–Crippen MR) is 146 cm³/mol. The minimum Gasteiger partial charge on any atom is -0.314 e. The molecule has 0 N–H and O–H groups in total. The molecule has 0 aliphatic rings. The van der Waals surface area contributed by atoms with Gasteiger partial charge in [-0.3, -0.25) is 13.9 Å². The number of carbonyl (C=O) groups is 1. The van der Waals surface area contributed by atoms with Gasteiger partial charge in [0.05, 0.1) is 0 Å². The van der Waals surface area contributed by atoms with Crippen LogP contribution in [-0.2, 0) is 23.0 Å². The Morgan fingerprint density at radius 1 is 0.528 bits per heavy atom. The fourth-order valence-corrected chi connectivity index (χ4v) is 7.80. The topological polar surface area (TPSA) is 69.7 Å². The Morgan fingerprint density at radius 2 is 0.833 bits per heavy atom. The molecular formula is C27H22Cl2O5P2. The fourth-order valence-electron chi connectivity index (χ4n) is 3.49. The van der Waals surface area contributed by atoms with Gasteiger partial charge in [0, 0.05) is 31.3 Å². The molecule has 0 bridgehead atoms. The molecule has 0 aromatic heterocycles. The van der Waals surface area contributed by atoms with Crippen molar-refractivity contribution in [1.29, 1.82) is 0 Å². The molecule has 0 fully saturated rings. The number of carbonyl (C=O) groups excluding carboxylic acids is 1. The van der Waals surface area contributed by atoms with Gasteiger partial charge in [0.1, 0.15) is 13.2 Å². The average molecular weight is 559 g/mol. The van der Waals surface area contributed by atoms with Crippen LogP contribution in [0.25, 0.3) is 0 Å². The van der Waals surface area contributed by atoms with Crippen LogP contribution in [0.4, 0.5) is 0 Å². The molecule has 184 valence electrons. The van der Waals surface area contributed by atoms with E-state index in [2.05, 4.69) is 0 Å². The van der Waals surface area contributed by atoms with Gasteiger partial charge < -0.3 is 9.05 Å². The lowest BCUT2D eigenvalue weighted by Crippen LogP contribution is -2.24. The highest BCUT2D eigenvalue weighted by molar-refractivity contribution is 7.74. The Bertz CT molecular complexity index is 1300. The molecule has 4 aromatic rings. The summed E-state index contributed by atoms with van der Waals surface area (Å²) >= 11 is 12.0. The zero-order valence-corrected chi connectivity index (χ0v) is 22.3. The van der Waals surface area contributed by atoms with Crippen LogP contribution in [0.2, 0.25) is 10.0 Å². The number of rotatable bonds is 10. The molecule has 5 nitrogen and oxygen atoms in total. The molecular weight excluding hydrogens is 537 g/mol. The first-order chi connectivity index (χ1) is 17.3. The lowest BCUT2D eigenvalue weighted by atomic mass is 10.4. The molecule has 0 amide bonds. The van der Waals surface area contributed by atoms with Crippen molar-refractivity contribution >= 4 is 64.9 Å². The minimum absolute atomic E-state index is 0.405. The molecule has 0 aliphatic heterocycles. The summed E-state index contributed by atoms with van der Waals surface area (Å²) in [7, 11) is -7.21. The van der Waals surface area contributed by atoms with E-state index in [-0.39, 0.29) is 0 Å². The summed E-state index contributed by atoms with van der Waals surface area (Å²) in [6, 6.07) is 30.2. The standard InChI is InChI=1S/C27H22Cl2O5P2/c28-21-11-15-26(16-12-21)35(31,24-7-3-1-4-8-24)33-19-23(30)20-34-36(32,25-9-5-2-6-10-25)27-17-13-22(29)14-18-27/h1-18H,19-20H2. The van der Waals surface area contributed by atoms with Crippen LogP contribution in [0.15, 0.2) is 109 Å². The summed E-state index contributed by atoms with van der Waals surface area (Å²) in [4.78, 5) is 12.8. The predicted octanol–water partition coefficient (Wildman–Crippen LogP) is 5.75. The van der Waals surface area contributed by atoms with Gasteiger partial charge in [0.25, 0.3) is 14.7 Å². The first-order valence-corrected chi connectivity index (χ1v) is 15.0. The Labute approximate surface area is 219 Å². The van der Waals surface area contributed by atoms with E-state index in [1.165, 1.54) is 0 Å². The Balaban J connectivity index is 1.54. The summed E-state index contributed by atoms with van der Waals surface area (Å²) in [5.41, 5.74) is 0. The Hall–Kier alpha value is -2.49. The lowest BCUT2D eigenvalue weighted by molar-refractivity contribution is -0.122. The van der Waals surface area contributed by atoms with Crippen LogP contribution in [0.1, 0.15) is 0 Å². The molecule has 2 unspecified atom stereocenters. The smallest absolute Gasteiger partial charge is 0.261 e. The van der Waals surface area contributed by atoms with Crippen LogP contribution in [-0.4, -0.2) is 19.0 Å². The van der Waals surface area contributed by atoms with Crippen molar-refractivity contribution < 1.29 is 23.0 Å². The molecule has 0 radical (unpaired) electrons. The summed E-state index contributed by atoms with van der Waals surface area (Å²) in [5, 5.41) is 2.67. The summed E-state index contributed by atoms with van der Waals surface area (Å²) in [5.74, 6) is -0.509. The Kier molecular flexibility index (Phi) is 8.64. The van der Waals surface area contributed by atoms with Crippen molar-refractivity contribution in [3.8, 4) is 0 Å². The van der Waals surface area contributed by atoms with Gasteiger partial charge in [0.15, 0.2) is 5.78 Å². The molecule has 36 heavy (non-hydrogen) atoms. The first-order valence-electron chi connectivity index (χ1n) is 11.0. The Morgan fingerprint density at radius 3 is 1.17 bits per heavy atom. The average Bonchev–Trinajstić information content (AvgIpc) is 2.92. The third-order valence-corrected chi connectivity index (χ3v) is 10.7. The van der Waals surface area contributed by atoms with Gasteiger partial charge >= 0.3 is 0 Å². The van der Waals surface area contributed by atoms with Crippen molar-refractivity contribution in [2.75, 3.05) is 13.2 Å². The van der Waals surface area contributed by atoms with Crippen molar-refractivity contribution in [3.05, 3.63) is 119 Å². The van der Waals surface area contributed by atoms with Crippen LogP contribution in [0.5, 0.6) is 0 Å². The zero-order valence-electron chi connectivity index (χ0n) is 19.0. The van der Waals surface area contributed by atoms with E-state index >= 15 is 0 Å². The molecule has 2 atom stereocenters. The van der Waals surface area contributed by atoms with Crippen LogP contribution >= 0.6 is 37.9 Å². The highest BCUT2D eigenvalue weighted by Gasteiger charge is 2.32. The van der Waals surface area contributed by atoms with Gasteiger partial charge in [-0.2, -0.15) is 0 Å². The molecule has 0 aliphatic carbocycles. The molecule has 0 spiro atoms. The normalized spacial score (nSPS) is 14.5. The number of ketones is 1. The van der Waals surface area contributed by atoms with Crippen molar-refractivity contribution in [3.63, 3.8) is 0 Å². The van der Waals surface area contributed by atoms with E-state index in [4.69, 9.17) is 32.2 Å². The summed E-state index contributed by atoms with van der Waals surface area (Å²) in [6.45, 7) is -0.992. The first kappa shape index (κ1) is 26.6. The van der Waals surface area contributed by atoms with Crippen LogP contribution in [0.3, 0.4) is 0 Å². The van der Waals surface area contributed by atoms with Crippen LogP contribution < -0.4 is 21.2 Å². The molecule has 0 saturated heterocycles. The largest absolute Gasteiger partial charge is 0.314 e.